The van der Waals surface area contributed by atoms with E-state index in [1.165, 1.54) is 12.2 Å². The molecule has 1 aromatic rings. The Hall–Kier alpha value is -1.06. The minimum absolute atomic E-state index is 0.259. The van der Waals surface area contributed by atoms with Crippen molar-refractivity contribution < 1.29 is 9.59 Å². The van der Waals surface area contributed by atoms with E-state index in [0.29, 0.717) is 16.9 Å². The molecule has 0 heterocycles. The highest BCUT2D eigenvalue weighted by atomic mass is 79.9. The van der Waals surface area contributed by atoms with Crippen molar-refractivity contribution in [2.75, 3.05) is 0 Å². The summed E-state index contributed by atoms with van der Waals surface area (Å²) >= 11 is 6.52. The summed E-state index contributed by atoms with van der Waals surface area (Å²) in [5, 5.41) is 0. The van der Waals surface area contributed by atoms with Gasteiger partial charge in [-0.3, -0.25) is 0 Å². The van der Waals surface area contributed by atoms with Gasteiger partial charge in [-0.2, -0.15) is 9.98 Å². The fourth-order valence-electron chi connectivity index (χ4n) is 1.06. The van der Waals surface area contributed by atoms with E-state index >= 15 is 0 Å². The summed E-state index contributed by atoms with van der Waals surface area (Å²) in [5.41, 5.74) is 1.39. The van der Waals surface area contributed by atoms with E-state index in [0.717, 1.165) is 0 Å². The Balaban J connectivity index is 3.47. The van der Waals surface area contributed by atoms with E-state index in [4.69, 9.17) is 0 Å². The van der Waals surface area contributed by atoms with Gasteiger partial charge < -0.3 is 0 Å². The number of alkyl halides is 2. The molecule has 0 unspecified atom stereocenters. The van der Waals surface area contributed by atoms with Crippen LogP contribution in [0.5, 0.6) is 0 Å². The summed E-state index contributed by atoms with van der Waals surface area (Å²) in [6, 6.07) is 4.89. The summed E-state index contributed by atoms with van der Waals surface area (Å²) in [4.78, 5) is 27.4. The van der Waals surface area contributed by atoms with Crippen LogP contribution in [0.2, 0.25) is 0 Å². The molecule has 0 saturated carbocycles. The second-order valence-electron chi connectivity index (χ2n) is 2.42. The fourth-order valence-corrected chi connectivity index (χ4v) is 2.00. The molecule has 15 heavy (non-hydrogen) atoms. The van der Waals surface area contributed by atoms with Crippen molar-refractivity contribution in [3.63, 3.8) is 0 Å². The van der Waals surface area contributed by atoms with Crippen LogP contribution >= 0.6 is 31.9 Å². The van der Waals surface area contributed by atoms with Crippen molar-refractivity contribution in [2.24, 2.45) is 9.98 Å². The van der Waals surface area contributed by atoms with Crippen LogP contribution in [-0.4, -0.2) is 12.2 Å². The number of isocyanates is 2. The van der Waals surface area contributed by atoms with Crippen LogP contribution in [0.4, 0.5) is 11.4 Å². The number of halogens is 2. The van der Waals surface area contributed by atoms with Gasteiger partial charge >= 0.3 is 0 Å². The molecule has 0 radical (unpaired) electrons. The highest BCUT2D eigenvalue weighted by molar-refractivity contribution is 9.24. The van der Waals surface area contributed by atoms with Gasteiger partial charge in [-0.15, -0.1) is 0 Å². The van der Waals surface area contributed by atoms with Crippen LogP contribution < -0.4 is 0 Å². The predicted octanol–water partition coefficient (Wildman–Crippen LogP) is 3.41. The van der Waals surface area contributed by atoms with Gasteiger partial charge in [-0.05, 0) is 12.1 Å². The first-order valence-electron chi connectivity index (χ1n) is 3.77. The number of hydrogen-bond acceptors (Lipinski definition) is 4. The summed E-state index contributed by atoms with van der Waals surface area (Å²) in [6.07, 6.45) is 2.88. The number of carbonyl (C=O) groups excluding carboxylic acids is 2. The summed E-state index contributed by atoms with van der Waals surface area (Å²) in [7, 11) is 0. The Morgan fingerprint density at radius 3 is 1.87 bits per heavy atom. The monoisotopic (exact) mass is 330 g/mol. The fraction of sp³-hybridized carbons (Fsp3) is 0.111. The molecule has 0 aliphatic rings. The van der Waals surface area contributed by atoms with Gasteiger partial charge in [0.05, 0.1) is 15.1 Å². The van der Waals surface area contributed by atoms with Gasteiger partial charge in [0.1, 0.15) is 0 Å². The van der Waals surface area contributed by atoms with E-state index in [-0.39, 0.29) is 3.74 Å². The number of rotatable bonds is 3. The van der Waals surface area contributed by atoms with Crippen molar-refractivity contribution in [2.45, 2.75) is 3.74 Å². The maximum atomic E-state index is 10.2. The second-order valence-corrected chi connectivity index (χ2v) is 5.48. The molecule has 0 amide bonds. The molecule has 0 N–H and O–H groups in total. The van der Waals surface area contributed by atoms with Gasteiger partial charge in [-0.25, -0.2) is 9.59 Å². The zero-order valence-corrected chi connectivity index (χ0v) is 10.4. The average molecular weight is 332 g/mol. The predicted molar refractivity (Wildman–Crippen MR) is 62.6 cm³/mol. The first-order chi connectivity index (χ1) is 7.20. The van der Waals surface area contributed by atoms with Crippen LogP contribution in [0, 0.1) is 0 Å². The molecule has 1 rings (SSSR count). The van der Waals surface area contributed by atoms with Crippen molar-refractivity contribution >= 4 is 55.4 Å². The second kappa shape index (κ2) is 5.73. The zero-order chi connectivity index (χ0) is 11.3. The van der Waals surface area contributed by atoms with E-state index in [2.05, 4.69) is 41.8 Å². The molecule has 0 bridgehead atoms. The minimum Gasteiger partial charge on any atom is -0.211 e. The van der Waals surface area contributed by atoms with Crippen LogP contribution in [0.1, 0.15) is 9.30 Å². The third kappa shape index (κ3) is 2.94. The Labute approximate surface area is 102 Å². The maximum Gasteiger partial charge on any atom is 0.240 e. The van der Waals surface area contributed by atoms with Gasteiger partial charge in [0.25, 0.3) is 0 Å². The molecular formula is C9H4Br2N2O2. The van der Waals surface area contributed by atoms with Gasteiger partial charge in [-0.1, -0.05) is 37.9 Å². The zero-order valence-electron chi connectivity index (χ0n) is 7.28. The Morgan fingerprint density at radius 2 is 1.53 bits per heavy atom. The van der Waals surface area contributed by atoms with Crippen molar-refractivity contribution in [3.8, 4) is 0 Å². The van der Waals surface area contributed by atoms with E-state index in [9.17, 15) is 9.59 Å². The first kappa shape index (κ1) is 12.0. The molecule has 0 atom stereocenters. The molecular weight excluding hydrogens is 328 g/mol. The summed E-state index contributed by atoms with van der Waals surface area (Å²) in [5.74, 6) is 0. The normalized spacial score (nSPS) is 9.27. The lowest BCUT2D eigenvalue weighted by atomic mass is 10.1. The van der Waals surface area contributed by atoms with E-state index < -0.39 is 0 Å². The van der Waals surface area contributed by atoms with Crippen molar-refractivity contribution in [3.05, 3.63) is 23.8 Å². The summed E-state index contributed by atoms with van der Waals surface area (Å²) < 4.78 is -0.259. The number of nitrogens with zero attached hydrogens (tertiary/aromatic N) is 2. The third-order valence-corrected chi connectivity index (χ3v) is 2.53. The van der Waals surface area contributed by atoms with Crippen LogP contribution in [-0.2, 0) is 9.59 Å². The smallest absolute Gasteiger partial charge is 0.211 e. The van der Waals surface area contributed by atoms with Gasteiger partial charge in [0.2, 0.25) is 12.2 Å². The number of aliphatic imine (C=N–C) groups is 2. The summed E-state index contributed by atoms with van der Waals surface area (Å²) in [6.45, 7) is 0. The van der Waals surface area contributed by atoms with Crippen molar-refractivity contribution in [1.82, 2.24) is 0 Å². The van der Waals surface area contributed by atoms with Gasteiger partial charge in [0.15, 0.2) is 0 Å². The van der Waals surface area contributed by atoms with E-state index in [1.54, 1.807) is 18.2 Å². The molecule has 0 aromatic heterocycles. The number of hydrogen-bond donors (Lipinski definition) is 0. The quantitative estimate of drug-likeness (QED) is 0.484. The molecule has 0 aliphatic carbocycles. The van der Waals surface area contributed by atoms with E-state index in [1.807, 2.05) is 0 Å². The molecule has 76 valence electrons. The van der Waals surface area contributed by atoms with Crippen molar-refractivity contribution in [1.29, 1.82) is 0 Å². The lowest BCUT2D eigenvalue weighted by molar-refractivity contribution is 0.565. The average Bonchev–Trinajstić information content (AvgIpc) is 2.18. The standard InChI is InChI=1S/C9H4Br2N2O2/c10-9(11)8-6(12-4-14)2-1-3-7(8)13-5-15/h1-3,9H. The number of benzene rings is 1. The largest absolute Gasteiger partial charge is 0.240 e. The maximum absolute atomic E-state index is 10.2. The lowest BCUT2D eigenvalue weighted by Crippen LogP contribution is -1.83. The van der Waals surface area contributed by atoms with Gasteiger partial charge in [0, 0.05) is 5.56 Å². The molecule has 4 nitrogen and oxygen atoms in total. The molecule has 0 spiro atoms. The molecule has 0 fully saturated rings. The lowest BCUT2D eigenvalue weighted by Gasteiger charge is -2.07. The molecule has 0 aliphatic heterocycles. The Kier molecular flexibility index (Phi) is 4.59. The minimum atomic E-state index is -0.259. The van der Waals surface area contributed by atoms with Crippen LogP contribution in [0.3, 0.4) is 0 Å². The topological polar surface area (TPSA) is 58.9 Å². The van der Waals surface area contributed by atoms with Crippen LogP contribution in [0.25, 0.3) is 0 Å². The highest BCUT2D eigenvalue weighted by Gasteiger charge is 2.13. The van der Waals surface area contributed by atoms with Crippen LogP contribution in [0.15, 0.2) is 28.2 Å². The molecule has 0 saturated heterocycles. The Morgan fingerprint density at radius 1 is 1.07 bits per heavy atom. The molecule has 1 aromatic carbocycles. The molecule has 6 heteroatoms. The SMILES string of the molecule is O=C=Nc1cccc(N=C=O)c1C(Br)Br. The first-order valence-corrected chi connectivity index (χ1v) is 5.60. The Bertz CT molecular complexity index is 425. The third-order valence-electron chi connectivity index (χ3n) is 1.61. The highest BCUT2D eigenvalue weighted by Crippen LogP contribution is 2.41.